The molecule has 8 heteroatoms. The van der Waals surface area contributed by atoms with Gasteiger partial charge in [-0.3, -0.25) is 0 Å². The molecule has 1 aliphatic rings. The van der Waals surface area contributed by atoms with E-state index in [-0.39, 0.29) is 11.1 Å². The Labute approximate surface area is 136 Å². The highest BCUT2D eigenvalue weighted by Crippen LogP contribution is 2.39. The molecule has 8 nitrogen and oxygen atoms in total. The standard InChI is InChI=1S/C16H18O8/c1-22-15-13(19)14(20)16(21,11(7-17)24-15)9-4-2-8-3-5-12(18)23-10(8)6-9/h2-6,11,13-15,17,19-21H,7H2,1H3/t11-,13-,14-,15-,16+/m1/s1. The van der Waals surface area contributed by atoms with Gasteiger partial charge >= 0.3 is 5.63 Å². The van der Waals surface area contributed by atoms with Crippen molar-refractivity contribution in [2.75, 3.05) is 13.7 Å². The van der Waals surface area contributed by atoms with Gasteiger partial charge in [0, 0.05) is 18.6 Å². The minimum atomic E-state index is -2.12. The largest absolute Gasteiger partial charge is 0.423 e. The number of aliphatic hydroxyl groups is 4. The Hall–Kier alpha value is -1.81. The van der Waals surface area contributed by atoms with Gasteiger partial charge in [-0.05, 0) is 17.7 Å². The van der Waals surface area contributed by atoms with Crippen LogP contribution in [-0.2, 0) is 15.1 Å². The van der Waals surface area contributed by atoms with Crippen molar-refractivity contribution in [3.8, 4) is 0 Å². The highest BCUT2D eigenvalue weighted by atomic mass is 16.7. The van der Waals surface area contributed by atoms with Gasteiger partial charge in [0.15, 0.2) is 6.29 Å². The Kier molecular flexibility index (Phi) is 4.43. The molecule has 1 fully saturated rings. The zero-order valence-electron chi connectivity index (χ0n) is 12.8. The lowest BCUT2D eigenvalue weighted by Crippen LogP contribution is -2.65. The summed E-state index contributed by atoms with van der Waals surface area (Å²) in [7, 11) is 1.27. The predicted molar refractivity (Wildman–Crippen MR) is 81.2 cm³/mol. The molecule has 1 aromatic carbocycles. The molecule has 1 aromatic heterocycles. The zero-order valence-corrected chi connectivity index (χ0v) is 12.8. The van der Waals surface area contributed by atoms with E-state index in [2.05, 4.69) is 0 Å². The van der Waals surface area contributed by atoms with Crippen LogP contribution in [0.4, 0.5) is 0 Å². The second kappa shape index (κ2) is 6.25. The first-order valence-electron chi connectivity index (χ1n) is 7.33. The lowest BCUT2D eigenvalue weighted by Gasteiger charge is -2.47. The minimum absolute atomic E-state index is 0.129. The van der Waals surface area contributed by atoms with Crippen molar-refractivity contribution in [1.29, 1.82) is 0 Å². The lowest BCUT2D eigenvalue weighted by atomic mass is 9.78. The number of rotatable bonds is 3. The molecule has 0 spiro atoms. The van der Waals surface area contributed by atoms with Gasteiger partial charge in [-0.1, -0.05) is 12.1 Å². The number of benzene rings is 1. The maximum atomic E-state index is 11.4. The third-order valence-electron chi connectivity index (χ3n) is 4.33. The summed E-state index contributed by atoms with van der Waals surface area (Å²) >= 11 is 0. The summed E-state index contributed by atoms with van der Waals surface area (Å²) in [4.78, 5) is 11.4. The summed E-state index contributed by atoms with van der Waals surface area (Å²) in [5.74, 6) is 0. The molecule has 0 aliphatic carbocycles. The molecule has 0 saturated carbocycles. The molecule has 2 heterocycles. The van der Waals surface area contributed by atoms with Crippen molar-refractivity contribution >= 4 is 11.0 Å². The molecule has 24 heavy (non-hydrogen) atoms. The Bertz CT molecular complexity index is 783. The fourth-order valence-electron chi connectivity index (χ4n) is 2.99. The van der Waals surface area contributed by atoms with Crippen LogP contribution in [0.25, 0.3) is 11.0 Å². The van der Waals surface area contributed by atoms with E-state index in [0.717, 1.165) is 0 Å². The predicted octanol–water partition coefficient (Wildman–Crippen LogP) is -0.934. The van der Waals surface area contributed by atoms with Crippen molar-refractivity contribution < 1.29 is 34.3 Å². The van der Waals surface area contributed by atoms with Crippen molar-refractivity contribution in [1.82, 2.24) is 0 Å². The van der Waals surface area contributed by atoms with Crippen molar-refractivity contribution in [2.24, 2.45) is 0 Å². The first kappa shape index (κ1) is 17.0. The number of aliphatic hydroxyl groups excluding tert-OH is 3. The second-order valence-electron chi connectivity index (χ2n) is 5.68. The number of hydrogen-bond donors (Lipinski definition) is 4. The van der Waals surface area contributed by atoms with Gasteiger partial charge < -0.3 is 34.3 Å². The molecule has 3 rings (SSSR count). The van der Waals surface area contributed by atoms with Crippen LogP contribution in [0.3, 0.4) is 0 Å². The average molecular weight is 338 g/mol. The Morgan fingerprint density at radius 2 is 1.96 bits per heavy atom. The van der Waals surface area contributed by atoms with Crippen LogP contribution >= 0.6 is 0 Å². The monoisotopic (exact) mass is 338 g/mol. The molecule has 1 saturated heterocycles. The molecule has 0 amide bonds. The summed E-state index contributed by atoms with van der Waals surface area (Å²) in [5, 5.41) is 41.7. The van der Waals surface area contributed by atoms with Crippen LogP contribution in [0, 0.1) is 0 Å². The fourth-order valence-corrected chi connectivity index (χ4v) is 2.99. The van der Waals surface area contributed by atoms with Crippen LogP contribution in [0.5, 0.6) is 0 Å². The maximum Gasteiger partial charge on any atom is 0.336 e. The average Bonchev–Trinajstić information content (AvgIpc) is 2.59. The number of hydrogen-bond acceptors (Lipinski definition) is 8. The van der Waals surface area contributed by atoms with Gasteiger partial charge in [-0.15, -0.1) is 0 Å². The van der Waals surface area contributed by atoms with Gasteiger partial charge in [0.05, 0.1) is 6.61 Å². The summed E-state index contributed by atoms with van der Waals surface area (Å²) in [6.07, 6.45) is -5.69. The zero-order chi connectivity index (χ0) is 17.5. The highest BCUT2D eigenvalue weighted by molar-refractivity contribution is 5.77. The molecule has 0 radical (unpaired) electrons. The fraction of sp³-hybridized carbons (Fsp3) is 0.438. The van der Waals surface area contributed by atoms with Crippen LogP contribution in [-0.4, -0.2) is 58.7 Å². The molecule has 0 bridgehead atoms. The molecule has 0 unspecified atom stereocenters. The summed E-state index contributed by atoms with van der Waals surface area (Å²) in [6, 6.07) is 7.27. The number of ether oxygens (including phenoxy) is 2. The van der Waals surface area contributed by atoms with Crippen LogP contribution in [0.1, 0.15) is 5.56 Å². The summed E-state index contributed by atoms with van der Waals surface area (Å²) < 4.78 is 15.3. The van der Waals surface area contributed by atoms with E-state index in [1.807, 2.05) is 0 Å². The molecule has 1 aliphatic heterocycles. The van der Waals surface area contributed by atoms with Gasteiger partial charge in [0.25, 0.3) is 0 Å². The first-order chi connectivity index (χ1) is 11.4. The van der Waals surface area contributed by atoms with E-state index < -0.39 is 42.4 Å². The van der Waals surface area contributed by atoms with Gasteiger partial charge in [0.2, 0.25) is 0 Å². The maximum absolute atomic E-state index is 11.4. The number of methoxy groups -OCH3 is 1. The molecular formula is C16H18O8. The highest BCUT2D eigenvalue weighted by Gasteiger charge is 2.55. The van der Waals surface area contributed by atoms with Gasteiger partial charge in [0.1, 0.15) is 29.5 Å². The molecule has 4 N–H and O–H groups in total. The first-order valence-corrected chi connectivity index (χ1v) is 7.33. The van der Waals surface area contributed by atoms with Gasteiger partial charge in [-0.25, -0.2) is 4.79 Å². The Morgan fingerprint density at radius 1 is 1.25 bits per heavy atom. The SMILES string of the molecule is CO[C@@H]1O[C@H](CO)[C@@](O)(c2ccc3ccc(=O)oc3c2)[C@H](O)[C@H]1O. The van der Waals surface area contributed by atoms with Gasteiger partial charge in [-0.2, -0.15) is 0 Å². The van der Waals surface area contributed by atoms with E-state index in [4.69, 9.17) is 13.9 Å². The second-order valence-corrected chi connectivity index (χ2v) is 5.68. The van der Waals surface area contributed by atoms with E-state index >= 15 is 0 Å². The third-order valence-corrected chi connectivity index (χ3v) is 4.33. The Balaban J connectivity index is 2.12. The normalized spacial score (nSPS) is 33.7. The minimum Gasteiger partial charge on any atom is -0.423 e. The summed E-state index contributed by atoms with van der Waals surface area (Å²) in [5.41, 5.74) is -2.36. The lowest BCUT2D eigenvalue weighted by molar-refractivity contribution is -0.331. The quantitative estimate of drug-likeness (QED) is 0.528. The van der Waals surface area contributed by atoms with Crippen molar-refractivity contribution in [3.63, 3.8) is 0 Å². The molecule has 130 valence electrons. The van der Waals surface area contributed by atoms with E-state index in [9.17, 15) is 25.2 Å². The molecular weight excluding hydrogens is 320 g/mol. The van der Waals surface area contributed by atoms with Crippen LogP contribution in [0.2, 0.25) is 0 Å². The van der Waals surface area contributed by atoms with Crippen LogP contribution < -0.4 is 5.63 Å². The number of fused-ring (bicyclic) bond motifs is 1. The summed E-state index contributed by atoms with van der Waals surface area (Å²) in [6.45, 7) is -0.628. The Morgan fingerprint density at radius 3 is 2.62 bits per heavy atom. The third kappa shape index (κ3) is 2.53. The van der Waals surface area contributed by atoms with Crippen molar-refractivity contribution in [3.05, 3.63) is 46.3 Å². The molecule has 5 atom stereocenters. The molecule has 2 aromatic rings. The van der Waals surface area contributed by atoms with E-state index in [0.29, 0.717) is 5.39 Å². The smallest absolute Gasteiger partial charge is 0.336 e. The topological polar surface area (TPSA) is 130 Å². The van der Waals surface area contributed by atoms with Crippen LogP contribution in [0.15, 0.2) is 39.5 Å². The van der Waals surface area contributed by atoms with E-state index in [1.54, 1.807) is 12.1 Å². The van der Waals surface area contributed by atoms with Crippen molar-refractivity contribution in [2.45, 2.75) is 30.2 Å². The van der Waals surface area contributed by atoms with E-state index in [1.165, 1.54) is 25.3 Å².